The number of carbonyl (C=O) groups is 1. The number of alkyl carbamates (subject to hydrolysis) is 1. The molecule has 134 valence electrons. The highest BCUT2D eigenvalue weighted by Gasteiger charge is 2.42. The molecule has 0 spiro atoms. The number of carbonyl (C=O) groups excluding carboxylic acids is 1. The third-order valence-corrected chi connectivity index (χ3v) is 5.32. The molecule has 2 N–H and O–H groups in total. The summed E-state index contributed by atoms with van der Waals surface area (Å²) in [6.07, 6.45) is 7.66. The Balaban J connectivity index is 1.80. The Labute approximate surface area is 142 Å². The van der Waals surface area contributed by atoms with Crippen LogP contribution in [0.1, 0.15) is 73.1 Å². The summed E-state index contributed by atoms with van der Waals surface area (Å²) in [6.45, 7) is 12.0. The lowest BCUT2D eigenvalue weighted by Crippen LogP contribution is -2.54. The topological polar surface area (TPSA) is 50.4 Å². The predicted octanol–water partition coefficient (Wildman–Crippen LogP) is 4.10. The van der Waals surface area contributed by atoms with Gasteiger partial charge in [0.1, 0.15) is 5.60 Å². The smallest absolute Gasteiger partial charge is 0.407 e. The predicted molar refractivity (Wildman–Crippen MR) is 94.5 cm³/mol. The average Bonchev–Trinajstić information content (AvgIpc) is 3.26. The number of hydrogen-bond acceptors (Lipinski definition) is 3. The van der Waals surface area contributed by atoms with Crippen molar-refractivity contribution in [3.63, 3.8) is 0 Å². The fourth-order valence-electron chi connectivity index (χ4n) is 3.76. The van der Waals surface area contributed by atoms with Crippen molar-refractivity contribution in [1.29, 1.82) is 0 Å². The van der Waals surface area contributed by atoms with Crippen LogP contribution >= 0.6 is 0 Å². The van der Waals surface area contributed by atoms with Gasteiger partial charge in [0.2, 0.25) is 0 Å². The van der Waals surface area contributed by atoms with E-state index in [-0.39, 0.29) is 11.6 Å². The van der Waals surface area contributed by atoms with Gasteiger partial charge < -0.3 is 15.4 Å². The van der Waals surface area contributed by atoms with Crippen molar-refractivity contribution in [2.45, 2.75) is 84.3 Å². The molecule has 0 aromatic rings. The quantitative estimate of drug-likeness (QED) is 0.773. The maximum Gasteiger partial charge on any atom is 0.407 e. The number of nitrogens with one attached hydrogen (secondary N) is 2. The van der Waals surface area contributed by atoms with Crippen LogP contribution < -0.4 is 10.6 Å². The van der Waals surface area contributed by atoms with E-state index in [4.69, 9.17) is 4.74 Å². The Morgan fingerprint density at radius 2 is 1.83 bits per heavy atom. The van der Waals surface area contributed by atoms with E-state index in [1.807, 2.05) is 20.8 Å². The molecule has 0 bridgehead atoms. The van der Waals surface area contributed by atoms with E-state index in [1.54, 1.807) is 0 Å². The summed E-state index contributed by atoms with van der Waals surface area (Å²) in [7, 11) is 0. The van der Waals surface area contributed by atoms with Crippen molar-refractivity contribution in [2.24, 2.45) is 17.8 Å². The minimum Gasteiger partial charge on any atom is -0.444 e. The lowest BCUT2D eigenvalue weighted by molar-refractivity contribution is 0.0506. The summed E-state index contributed by atoms with van der Waals surface area (Å²) in [4.78, 5) is 11.9. The third kappa shape index (κ3) is 6.33. The van der Waals surface area contributed by atoms with Crippen molar-refractivity contribution in [2.75, 3.05) is 13.1 Å². The highest BCUT2D eigenvalue weighted by atomic mass is 16.6. The molecule has 0 aliphatic heterocycles. The fourth-order valence-corrected chi connectivity index (χ4v) is 3.76. The van der Waals surface area contributed by atoms with Gasteiger partial charge in [0, 0.05) is 12.1 Å². The van der Waals surface area contributed by atoms with Gasteiger partial charge in [0.15, 0.2) is 0 Å². The Kier molecular flexibility index (Phi) is 5.99. The molecule has 0 radical (unpaired) electrons. The first-order valence-electron chi connectivity index (χ1n) is 9.40. The Morgan fingerprint density at radius 3 is 2.39 bits per heavy atom. The molecule has 2 aliphatic rings. The highest BCUT2D eigenvalue weighted by Crippen LogP contribution is 2.39. The Morgan fingerprint density at radius 1 is 1.13 bits per heavy atom. The van der Waals surface area contributed by atoms with Gasteiger partial charge in [-0.1, -0.05) is 19.8 Å². The van der Waals surface area contributed by atoms with Crippen LogP contribution in [-0.2, 0) is 4.74 Å². The van der Waals surface area contributed by atoms with Gasteiger partial charge in [0.05, 0.1) is 0 Å². The molecular weight excluding hydrogens is 288 g/mol. The summed E-state index contributed by atoms with van der Waals surface area (Å²) in [5.74, 6) is 2.33. The van der Waals surface area contributed by atoms with Gasteiger partial charge in [-0.15, -0.1) is 0 Å². The molecule has 1 amide bonds. The van der Waals surface area contributed by atoms with E-state index in [1.165, 1.54) is 38.5 Å². The maximum atomic E-state index is 11.9. The molecule has 0 heterocycles. The molecule has 23 heavy (non-hydrogen) atoms. The second kappa shape index (κ2) is 7.42. The van der Waals surface area contributed by atoms with Gasteiger partial charge >= 0.3 is 6.09 Å². The first-order valence-corrected chi connectivity index (χ1v) is 9.40. The molecule has 0 saturated heterocycles. The van der Waals surface area contributed by atoms with Gasteiger partial charge in [-0.3, -0.25) is 0 Å². The van der Waals surface area contributed by atoms with Crippen LogP contribution in [0.5, 0.6) is 0 Å². The SMILES string of the molecule is CC1CCCC(CNC(C)(CNC(=O)OC(C)(C)C)C2CC2)C1. The van der Waals surface area contributed by atoms with E-state index in [9.17, 15) is 4.79 Å². The molecular formula is C19H36N2O2. The average molecular weight is 325 g/mol. The van der Waals surface area contributed by atoms with Crippen molar-refractivity contribution in [1.82, 2.24) is 10.6 Å². The van der Waals surface area contributed by atoms with E-state index >= 15 is 0 Å². The first kappa shape index (κ1) is 18.6. The van der Waals surface area contributed by atoms with Gasteiger partial charge in [-0.2, -0.15) is 0 Å². The summed E-state index contributed by atoms with van der Waals surface area (Å²) < 4.78 is 5.36. The van der Waals surface area contributed by atoms with Crippen LogP contribution in [0.15, 0.2) is 0 Å². The summed E-state index contributed by atoms with van der Waals surface area (Å²) >= 11 is 0. The third-order valence-electron chi connectivity index (χ3n) is 5.32. The number of ether oxygens (including phenoxy) is 1. The normalized spacial score (nSPS) is 28.0. The van der Waals surface area contributed by atoms with Crippen molar-refractivity contribution in [3.8, 4) is 0 Å². The zero-order valence-electron chi connectivity index (χ0n) is 15.7. The first-order chi connectivity index (χ1) is 10.7. The molecule has 2 saturated carbocycles. The van der Waals surface area contributed by atoms with Crippen LogP contribution in [0.3, 0.4) is 0 Å². The number of amides is 1. The summed E-state index contributed by atoms with van der Waals surface area (Å²) in [5.41, 5.74) is -0.441. The van der Waals surface area contributed by atoms with E-state index < -0.39 is 5.60 Å². The van der Waals surface area contributed by atoms with E-state index in [0.29, 0.717) is 12.5 Å². The molecule has 2 rings (SSSR count). The highest BCUT2D eigenvalue weighted by molar-refractivity contribution is 5.67. The van der Waals surface area contributed by atoms with Crippen molar-refractivity contribution in [3.05, 3.63) is 0 Å². The van der Waals surface area contributed by atoms with E-state index in [2.05, 4.69) is 24.5 Å². The molecule has 4 heteroatoms. The molecule has 4 nitrogen and oxygen atoms in total. The monoisotopic (exact) mass is 324 g/mol. The van der Waals surface area contributed by atoms with E-state index in [0.717, 1.165) is 18.4 Å². The summed E-state index contributed by atoms with van der Waals surface area (Å²) in [5, 5.41) is 6.77. The largest absolute Gasteiger partial charge is 0.444 e. The molecule has 0 aromatic heterocycles. The fraction of sp³-hybridized carbons (Fsp3) is 0.947. The molecule has 3 atom stereocenters. The standard InChI is InChI=1S/C19H36N2O2/c1-14-7-6-8-15(11-14)12-21-19(5,16-9-10-16)13-20-17(22)23-18(2,3)4/h14-16,21H,6-13H2,1-5H3,(H,20,22). The number of rotatable bonds is 6. The van der Waals surface area contributed by atoms with Crippen LogP contribution in [0.4, 0.5) is 4.79 Å². The molecule has 0 aromatic carbocycles. The van der Waals surface area contributed by atoms with Gasteiger partial charge in [0.25, 0.3) is 0 Å². The molecule has 2 fully saturated rings. The number of hydrogen-bond donors (Lipinski definition) is 2. The molecule has 2 aliphatic carbocycles. The second-order valence-electron chi connectivity index (χ2n) is 9.07. The van der Waals surface area contributed by atoms with Crippen molar-refractivity contribution >= 4 is 6.09 Å². The van der Waals surface area contributed by atoms with Gasteiger partial charge in [-0.25, -0.2) is 4.79 Å². The lowest BCUT2D eigenvalue weighted by atomic mass is 9.82. The lowest BCUT2D eigenvalue weighted by Gasteiger charge is -2.35. The van der Waals surface area contributed by atoms with Crippen LogP contribution in [0, 0.1) is 17.8 Å². The van der Waals surface area contributed by atoms with Crippen LogP contribution in [0.2, 0.25) is 0 Å². The van der Waals surface area contributed by atoms with Crippen LogP contribution in [-0.4, -0.2) is 30.3 Å². The zero-order chi connectivity index (χ0) is 17.1. The Bertz CT molecular complexity index is 401. The molecule has 3 unspecified atom stereocenters. The second-order valence-corrected chi connectivity index (χ2v) is 9.07. The maximum absolute atomic E-state index is 11.9. The summed E-state index contributed by atoms with van der Waals surface area (Å²) in [6, 6.07) is 0. The minimum atomic E-state index is -0.439. The minimum absolute atomic E-state index is 0.00239. The van der Waals surface area contributed by atoms with Crippen molar-refractivity contribution < 1.29 is 9.53 Å². The van der Waals surface area contributed by atoms with Gasteiger partial charge in [-0.05, 0) is 77.7 Å². The van der Waals surface area contributed by atoms with Crippen LogP contribution in [0.25, 0.3) is 0 Å². The Hall–Kier alpha value is -0.770. The zero-order valence-corrected chi connectivity index (χ0v) is 15.7.